The highest BCUT2D eigenvalue weighted by Gasteiger charge is 2.42. The van der Waals surface area contributed by atoms with Gasteiger partial charge in [0, 0.05) is 12.5 Å². The molecule has 0 radical (unpaired) electrons. The van der Waals surface area contributed by atoms with Crippen LogP contribution in [0.5, 0.6) is 0 Å². The molecular weight excluding hydrogens is 214 g/mol. The minimum absolute atomic E-state index is 0.190. The number of aliphatic hydroxyl groups is 2. The summed E-state index contributed by atoms with van der Waals surface area (Å²) in [7, 11) is 0. The Morgan fingerprint density at radius 1 is 1.50 bits per heavy atom. The number of aliphatic hydroxyl groups excluding tert-OH is 2. The Labute approximate surface area is 91.9 Å². The molecule has 2 rings (SSSR count). The summed E-state index contributed by atoms with van der Waals surface area (Å²) in [4.78, 5) is 22.4. The van der Waals surface area contributed by atoms with Crippen molar-refractivity contribution in [1.29, 1.82) is 0 Å². The van der Waals surface area contributed by atoms with Crippen molar-refractivity contribution in [2.24, 2.45) is 5.92 Å². The van der Waals surface area contributed by atoms with Gasteiger partial charge in [-0.3, -0.25) is 14.9 Å². The predicted octanol–water partition coefficient (Wildman–Crippen LogP) is -1.67. The molecule has 1 fully saturated rings. The second kappa shape index (κ2) is 4.32. The number of carbonyl (C=O) groups is 2. The van der Waals surface area contributed by atoms with E-state index in [2.05, 4.69) is 5.32 Å². The van der Waals surface area contributed by atoms with E-state index in [0.717, 1.165) is 0 Å². The van der Waals surface area contributed by atoms with Gasteiger partial charge in [-0.2, -0.15) is 0 Å². The largest absolute Gasteiger partial charge is 0.394 e. The Morgan fingerprint density at radius 2 is 2.25 bits per heavy atom. The van der Waals surface area contributed by atoms with Crippen LogP contribution >= 0.6 is 0 Å². The molecule has 3 N–H and O–H groups in total. The van der Waals surface area contributed by atoms with Gasteiger partial charge in [0.15, 0.2) is 0 Å². The molecule has 4 unspecified atom stereocenters. The molecular formula is C10H13NO5. The zero-order chi connectivity index (χ0) is 11.7. The van der Waals surface area contributed by atoms with E-state index < -0.39 is 36.0 Å². The summed E-state index contributed by atoms with van der Waals surface area (Å²) < 4.78 is 5.34. The Hall–Kier alpha value is -1.24. The van der Waals surface area contributed by atoms with Crippen molar-refractivity contribution in [3.05, 3.63) is 12.2 Å². The Kier molecular flexibility index (Phi) is 3.04. The molecule has 0 bridgehead atoms. The number of hydrogen-bond donors (Lipinski definition) is 3. The first-order valence-electron chi connectivity index (χ1n) is 5.09. The van der Waals surface area contributed by atoms with Crippen molar-refractivity contribution in [3.8, 4) is 0 Å². The number of ether oxygens (including phenoxy) is 1. The first-order chi connectivity index (χ1) is 7.61. The van der Waals surface area contributed by atoms with Crippen LogP contribution < -0.4 is 5.32 Å². The lowest BCUT2D eigenvalue weighted by Gasteiger charge is -2.23. The standard InChI is InChI=1S/C10H13NO5/c12-4-5-3-7(13)9(16-5)6-1-2-8(14)11-10(6)15/h1-2,5-7,9,12-13H,3-4H2,(H,11,14,15). The molecule has 0 aromatic heterocycles. The van der Waals surface area contributed by atoms with E-state index in [1.807, 2.05) is 0 Å². The highest BCUT2D eigenvalue weighted by Crippen LogP contribution is 2.27. The maximum absolute atomic E-state index is 11.5. The molecule has 16 heavy (non-hydrogen) atoms. The maximum atomic E-state index is 11.5. The zero-order valence-electron chi connectivity index (χ0n) is 8.50. The van der Waals surface area contributed by atoms with Crippen molar-refractivity contribution < 1.29 is 24.5 Å². The molecule has 0 aromatic carbocycles. The number of amides is 2. The smallest absolute Gasteiger partial charge is 0.250 e. The van der Waals surface area contributed by atoms with Crippen LogP contribution in [0.25, 0.3) is 0 Å². The molecule has 0 aliphatic carbocycles. The quantitative estimate of drug-likeness (QED) is 0.490. The number of hydrogen-bond acceptors (Lipinski definition) is 5. The van der Waals surface area contributed by atoms with E-state index in [1.165, 1.54) is 12.2 Å². The number of imide groups is 1. The van der Waals surface area contributed by atoms with Gasteiger partial charge in [-0.15, -0.1) is 0 Å². The third-order valence-corrected chi connectivity index (χ3v) is 2.79. The molecule has 2 amide bonds. The Bertz CT molecular complexity index is 340. The van der Waals surface area contributed by atoms with Crippen LogP contribution in [-0.4, -0.2) is 46.9 Å². The van der Waals surface area contributed by atoms with Crippen molar-refractivity contribution in [2.75, 3.05) is 6.61 Å². The van der Waals surface area contributed by atoms with Gasteiger partial charge in [0.1, 0.15) is 0 Å². The third kappa shape index (κ3) is 1.99. The van der Waals surface area contributed by atoms with Gasteiger partial charge in [0.2, 0.25) is 11.8 Å². The SMILES string of the molecule is O=C1C=CC(C2OC(CO)CC2O)C(=O)N1. The minimum Gasteiger partial charge on any atom is -0.394 e. The molecule has 1 saturated heterocycles. The van der Waals surface area contributed by atoms with E-state index in [9.17, 15) is 14.7 Å². The number of rotatable bonds is 2. The summed E-state index contributed by atoms with van der Waals surface area (Å²) in [5.41, 5.74) is 0. The molecule has 6 nitrogen and oxygen atoms in total. The van der Waals surface area contributed by atoms with E-state index in [1.54, 1.807) is 0 Å². The summed E-state index contributed by atoms with van der Waals surface area (Å²) >= 11 is 0. The fourth-order valence-electron chi connectivity index (χ4n) is 2.00. The lowest BCUT2D eigenvalue weighted by atomic mass is 9.94. The second-order valence-electron chi connectivity index (χ2n) is 3.95. The lowest BCUT2D eigenvalue weighted by Crippen LogP contribution is -2.45. The highest BCUT2D eigenvalue weighted by atomic mass is 16.5. The molecule has 4 atom stereocenters. The molecule has 6 heteroatoms. The molecule has 2 aliphatic heterocycles. The van der Waals surface area contributed by atoms with Crippen molar-refractivity contribution >= 4 is 11.8 Å². The van der Waals surface area contributed by atoms with Crippen LogP contribution in [0.2, 0.25) is 0 Å². The van der Waals surface area contributed by atoms with Crippen molar-refractivity contribution in [3.63, 3.8) is 0 Å². The van der Waals surface area contributed by atoms with E-state index >= 15 is 0 Å². The lowest BCUT2D eigenvalue weighted by molar-refractivity contribution is -0.135. The fourth-order valence-corrected chi connectivity index (χ4v) is 2.00. The fraction of sp³-hybridized carbons (Fsp3) is 0.600. The summed E-state index contributed by atoms with van der Waals surface area (Å²) in [6.45, 7) is -0.190. The molecule has 0 aromatic rings. The van der Waals surface area contributed by atoms with Gasteiger partial charge in [-0.1, -0.05) is 6.08 Å². The van der Waals surface area contributed by atoms with Gasteiger partial charge in [0.25, 0.3) is 0 Å². The van der Waals surface area contributed by atoms with Crippen LogP contribution in [0, 0.1) is 5.92 Å². The normalized spacial score (nSPS) is 38.9. The maximum Gasteiger partial charge on any atom is 0.250 e. The third-order valence-electron chi connectivity index (χ3n) is 2.79. The van der Waals surface area contributed by atoms with Crippen LogP contribution in [0.15, 0.2) is 12.2 Å². The van der Waals surface area contributed by atoms with Gasteiger partial charge < -0.3 is 14.9 Å². The van der Waals surface area contributed by atoms with E-state index in [4.69, 9.17) is 9.84 Å². The molecule has 0 spiro atoms. The first kappa shape index (κ1) is 11.3. The highest BCUT2D eigenvalue weighted by molar-refractivity contribution is 6.05. The van der Waals surface area contributed by atoms with Crippen molar-refractivity contribution in [2.45, 2.75) is 24.7 Å². The molecule has 0 saturated carbocycles. The zero-order valence-corrected chi connectivity index (χ0v) is 8.50. The van der Waals surface area contributed by atoms with Crippen LogP contribution in [0.4, 0.5) is 0 Å². The summed E-state index contributed by atoms with van der Waals surface area (Å²) in [5.74, 6) is -1.62. The topological polar surface area (TPSA) is 95.9 Å². The Balaban J connectivity index is 2.10. The van der Waals surface area contributed by atoms with Crippen LogP contribution in [0.1, 0.15) is 6.42 Å². The number of carbonyl (C=O) groups excluding carboxylic acids is 2. The molecule has 2 heterocycles. The average molecular weight is 227 g/mol. The van der Waals surface area contributed by atoms with Gasteiger partial charge in [0.05, 0.1) is 30.8 Å². The second-order valence-corrected chi connectivity index (χ2v) is 3.95. The summed E-state index contributed by atoms with van der Waals surface area (Å²) in [6.07, 6.45) is 1.03. The molecule has 88 valence electrons. The van der Waals surface area contributed by atoms with E-state index in [0.29, 0.717) is 6.42 Å². The monoisotopic (exact) mass is 227 g/mol. The first-order valence-corrected chi connectivity index (χ1v) is 5.09. The van der Waals surface area contributed by atoms with Gasteiger partial charge in [-0.25, -0.2) is 0 Å². The van der Waals surface area contributed by atoms with E-state index in [-0.39, 0.29) is 6.61 Å². The van der Waals surface area contributed by atoms with Crippen LogP contribution in [0.3, 0.4) is 0 Å². The van der Waals surface area contributed by atoms with Gasteiger partial charge >= 0.3 is 0 Å². The van der Waals surface area contributed by atoms with Crippen LogP contribution in [-0.2, 0) is 14.3 Å². The van der Waals surface area contributed by atoms with Gasteiger partial charge in [-0.05, 0) is 0 Å². The number of nitrogens with one attached hydrogen (secondary N) is 1. The average Bonchev–Trinajstić information content (AvgIpc) is 2.60. The Morgan fingerprint density at radius 3 is 2.81 bits per heavy atom. The summed E-state index contributed by atoms with van der Waals surface area (Å²) in [5, 5.41) is 20.7. The minimum atomic E-state index is -0.800. The van der Waals surface area contributed by atoms with Crippen molar-refractivity contribution in [1.82, 2.24) is 5.32 Å². The predicted molar refractivity (Wildman–Crippen MR) is 52.2 cm³/mol. The summed E-state index contributed by atoms with van der Waals surface area (Å²) in [6, 6.07) is 0. The molecule has 2 aliphatic rings.